The Bertz CT molecular complexity index is 1010. The second-order valence-corrected chi connectivity index (χ2v) is 7.70. The highest BCUT2D eigenvalue weighted by Crippen LogP contribution is 2.41. The standard InChI is InChI=1S/C22H16BrNOS/c1-26-21-9-5-4-8-19(21)24-20(14-15-10-12-16(23)13-11-15)17-6-2-3-7-18(17)22(24)25/h2-14H,1H3. The van der Waals surface area contributed by atoms with Gasteiger partial charge in [0, 0.05) is 20.5 Å². The first-order chi connectivity index (χ1) is 12.7. The average molecular weight is 422 g/mol. The third-order valence-corrected chi connectivity index (χ3v) is 5.69. The van der Waals surface area contributed by atoms with Crippen LogP contribution in [0.25, 0.3) is 11.8 Å². The van der Waals surface area contributed by atoms with Gasteiger partial charge in [0.2, 0.25) is 0 Å². The van der Waals surface area contributed by atoms with E-state index in [1.807, 2.05) is 84.0 Å². The molecule has 0 atom stereocenters. The van der Waals surface area contributed by atoms with Gasteiger partial charge in [-0.25, -0.2) is 0 Å². The van der Waals surface area contributed by atoms with Crippen LogP contribution in [-0.4, -0.2) is 12.2 Å². The maximum atomic E-state index is 13.2. The molecule has 1 amide bonds. The Hall–Kier alpha value is -2.30. The van der Waals surface area contributed by atoms with E-state index < -0.39 is 0 Å². The number of amides is 1. The lowest BCUT2D eigenvalue weighted by molar-refractivity contribution is 0.101. The van der Waals surface area contributed by atoms with E-state index in [4.69, 9.17) is 0 Å². The van der Waals surface area contributed by atoms with Crippen molar-refractivity contribution < 1.29 is 4.79 Å². The molecule has 0 spiro atoms. The number of benzene rings is 3. The number of para-hydroxylation sites is 1. The molecule has 0 radical (unpaired) electrons. The first-order valence-corrected chi connectivity index (χ1v) is 10.2. The lowest BCUT2D eigenvalue weighted by Gasteiger charge is -2.21. The van der Waals surface area contributed by atoms with E-state index in [1.165, 1.54) is 0 Å². The zero-order chi connectivity index (χ0) is 18.1. The summed E-state index contributed by atoms with van der Waals surface area (Å²) in [7, 11) is 0. The minimum absolute atomic E-state index is 0.0189. The topological polar surface area (TPSA) is 20.3 Å². The van der Waals surface area contributed by atoms with Crippen molar-refractivity contribution in [3.8, 4) is 0 Å². The number of halogens is 1. The third kappa shape index (κ3) is 3.00. The van der Waals surface area contributed by atoms with Crippen LogP contribution in [0.4, 0.5) is 5.69 Å². The monoisotopic (exact) mass is 421 g/mol. The van der Waals surface area contributed by atoms with E-state index in [-0.39, 0.29) is 5.91 Å². The van der Waals surface area contributed by atoms with Crippen LogP contribution < -0.4 is 4.90 Å². The number of carbonyl (C=O) groups excluding carboxylic acids is 1. The molecule has 4 heteroatoms. The summed E-state index contributed by atoms with van der Waals surface area (Å²) in [6.07, 6.45) is 4.11. The molecule has 3 aromatic carbocycles. The normalized spacial score (nSPS) is 14.8. The van der Waals surface area contributed by atoms with E-state index in [0.717, 1.165) is 37.4 Å². The fraction of sp³-hybridized carbons (Fsp3) is 0.0455. The lowest BCUT2D eigenvalue weighted by Crippen LogP contribution is -2.22. The van der Waals surface area contributed by atoms with Gasteiger partial charge in [0.15, 0.2) is 0 Å². The Morgan fingerprint density at radius 3 is 2.27 bits per heavy atom. The number of anilines is 1. The molecule has 1 aliphatic rings. The summed E-state index contributed by atoms with van der Waals surface area (Å²) in [5.41, 5.74) is 4.60. The Balaban J connectivity index is 1.92. The van der Waals surface area contributed by atoms with Crippen LogP contribution in [-0.2, 0) is 0 Å². The third-order valence-electron chi connectivity index (χ3n) is 4.38. The predicted molar refractivity (Wildman–Crippen MR) is 113 cm³/mol. The second-order valence-electron chi connectivity index (χ2n) is 5.94. The Labute approximate surface area is 165 Å². The van der Waals surface area contributed by atoms with Crippen LogP contribution in [0.2, 0.25) is 0 Å². The van der Waals surface area contributed by atoms with Crippen molar-refractivity contribution in [1.29, 1.82) is 0 Å². The molecule has 0 aliphatic carbocycles. The van der Waals surface area contributed by atoms with Crippen LogP contribution in [0.1, 0.15) is 21.5 Å². The molecule has 1 heterocycles. The minimum atomic E-state index is 0.0189. The zero-order valence-electron chi connectivity index (χ0n) is 14.1. The molecule has 0 saturated heterocycles. The second kappa shape index (κ2) is 7.14. The molecule has 3 aromatic rings. The van der Waals surface area contributed by atoms with Gasteiger partial charge < -0.3 is 0 Å². The van der Waals surface area contributed by atoms with Crippen molar-refractivity contribution in [3.63, 3.8) is 0 Å². The van der Waals surface area contributed by atoms with E-state index >= 15 is 0 Å². The Morgan fingerprint density at radius 2 is 1.54 bits per heavy atom. The van der Waals surface area contributed by atoms with Crippen molar-refractivity contribution in [2.75, 3.05) is 11.2 Å². The summed E-state index contributed by atoms with van der Waals surface area (Å²) in [4.78, 5) is 16.1. The smallest absolute Gasteiger partial charge is 0.263 e. The summed E-state index contributed by atoms with van der Waals surface area (Å²) in [6, 6.07) is 23.9. The predicted octanol–water partition coefficient (Wildman–Crippen LogP) is 6.33. The number of fused-ring (bicyclic) bond motifs is 1. The van der Waals surface area contributed by atoms with Crippen LogP contribution >= 0.6 is 27.7 Å². The van der Waals surface area contributed by atoms with Gasteiger partial charge in [-0.2, -0.15) is 0 Å². The molecule has 4 rings (SSSR count). The van der Waals surface area contributed by atoms with Gasteiger partial charge in [-0.1, -0.05) is 58.4 Å². The van der Waals surface area contributed by atoms with E-state index in [1.54, 1.807) is 11.8 Å². The Kier molecular flexibility index (Phi) is 4.70. The molecular formula is C22H16BrNOS. The lowest BCUT2D eigenvalue weighted by atomic mass is 10.1. The Morgan fingerprint density at radius 1 is 0.885 bits per heavy atom. The number of nitrogens with zero attached hydrogens (tertiary/aromatic N) is 1. The van der Waals surface area contributed by atoms with Crippen LogP contribution in [0, 0.1) is 0 Å². The van der Waals surface area contributed by atoms with Gasteiger partial charge in [0.1, 0.15) is 0 Å². The molecule has 26 heavy (non-hydrogen) atoms. The number of rotatable bonds is 3. The largest absolute Gasteiger partial charge is 0.275 e. The molecule has 0 unspecified atom stereocenters. The molecule has 2 nitrogen and oxygen atoms in total. The molecule has 1 aliphatic heterocycles. The summed E-state index contributed by atoms with van der Waals surface area (Å²) >= 11 is 5.12. The van der Waals surface area contributed by atoms with Gasteiger partial charge >= 0.3 is 0 Å². The molecule has 0 bridgehead atoms. The quantitative estimate of drug-likeness (QED) is 0.460. The number of hydrogen-bond acceptors (Lipinski definition) is 2. The van der Waals surface area contributed by atoms with Gasteiger partial charge in [-0.05, 0) is 48.2 Å². The maximum absolute atomic E-state index is 13.2. The highest BCUT2D eigenvalue weighted by molar-refractivity contribution is 9.10. The van der Waals surface area contributed by atoms with E-state index in [0.29, 0.717) is 0 Å². The van der Waals surface area contributed by atoms with Crippen LogP contribution in [0.3, 0.4) is 0 Å². The molecule has 0 aromatic heterocycles. The van der Waals surface area contributed by atoms with Gasteiger partial charge in [0.25, 0.3) is 5.91 Å². The van der Waals surface area contributed by atoms with Crippen molar-refractivity contribution in [2.24, 2.45) is 0 Å². The first-order valence-electron chi connectivity index (χ1n) is 8.23. The SMILES string of the molecule is CSc1ccccc1N1C(=O)c2ccccc2C1=Cc1ccc(Br)cc1. The molecule has 0 fully saturated rings. The molecule has 128 valence electrons. The number of hydrogen-bond donors (Lipinski definition) is 0. The van der Waals surface area contributed by atoms with Crippen LogP contribution in [0.15, 0.2) is 82.2 Å². The highest BCUT2D eigenvalue weighted by atomic mass is 79.9. The molecular weight excluding hydrogens is 406 g/mol. The van der Waals surface area contributed by atoms with E-state index in [2.05, 4.69) is 22.0 Å². The summed E-state index contributed by atoms with van der Waals surface area (Å²) < 4.78 is 1.03. The van der Waals surface area contributed by atoms with Gasteiger partial charge in [0.05, 0.1) is 11.4 Å². The minimum Gasteiger partial charge on any atom is -0.275 e. The van der Waals surface area contributed by atoms with Crippen molar-refractivity contribution in [3.05, 3.63) is 94.0 Å². The van der Waals surface area contributed by atoms with Crippen molar-refractivity contribution in [2.45, 2.75) is 4.90 Å². The van der Waals surface area contributed by atoms with Crippen molar-refractivity contribution in [1.82, 2.24) is 0 Å². The maximum Gasteiger partial charge on any atom is 0.263 e. The fourth-order valence-electron chi connectivity index (χ4n) is 3.16. The number of thioether (sulfide) groups is 1. The highest BCUT2D eigenvalue weighted by Gasteiger charge is 2.34. The average Bonchev–Trinajstić information content (AvgIpc) is 2.96. The molecule has 0 saturated carbocycles. The zero-order valence-corrected chi connectivity index (χ0v) is 16.5. The summed E-state index contributed by atoms with van der Waals surface area (Å²) in [6.45, 7) is 0. The van der Waals surface area contributed by atoms with Crippen LogP contribution in [0.5, 0.6) is 0 Å². The van der Waals surface area contributed by atoms with Gasteiger partial charge in [-0.3, -0.25) is 9.69 Å². The summed E-state index contributed by atoms with van der Waals surface area (Å²) in [5, 5.41) is 0. The number of carbonyl (C=O) groups is 1. The van der Waals surface area contributed by atoms with Gasteiger partial charge in [-0.15, -0.1) is 11.8 Å². The molecule has 0 N–H and O–H groups in total. The first kappa shape index (κ1) is 17.1. The summed E-state index contributed by atoms with van der Waals surface area (Å²) in [5.74, 6) is 0.0189. The van der Waals surface area contributed by atoms with E-state index in [9.17, 15) is 4.79 Å². The fourth-order valence-corrected chi connectivity index (χ4v) is 4.00. The van der Waals surface area contributed by atoms with Crippen molar-refractivity contribution >= 4 is 51.1 Å².